The molecule has 0 N–H and O–H groups in total. The van der Waals surface area contributed by atoms with Crippen molar-refractivity contribution < 1.29 is 18.7 Å². The molecule has 2 aromatic heterocycles. The predicted molar refractivity (Wildman–Crippen MR) is 97.9 cm³/mol. The van der Waals surface area contributed by atoms with E-state index in [4.69, 9.17) is 4.74 Å². The van der Waals surface area contributed by atoms with Crippen LogP contribution in [0.15, 0.2) is 35.3 Å². The molecule has 2 heterocycles. The van der Waals surface area contributed by atoms with Crippen LogP contribution < -0.4 is 10.3 Å². The molecule has 0 aliphatic carbocycles. The van der Waals surface area contributed by atoms with Gasteiger partial charge in [-0.1, -0.05) is 6.07 Å². The Morgan fingerprint density at radius 2 is 2.00 bits per heavy atom. The van der Waals surface area contributed by atoms with E-state index in [2.05, 4.69) is 4.98 Å². The third-order valence-corrected chi connectivity index (χ3v) is 4.47. The van der Waals surface area contributed by atoms with E-state index in [9.17, 15) is 18.8 Å². The highest BCUT2D eigenvalue weighted by molar-refractivity contribution is 5.91. The Balaban J connectivity index is 2.13. The molecule has 138 valence electrons. The summed E-state index contributed by atoms with van der Waals surface area (Å²) in [5.74, 6) is -0.265. The standard InChI is InChI=1S/C20H17FN2O4/c1-23-17-8-12(7-13-3-4-15(21)9-14(13)5-6-24)10-22-18(17)19(27-2)16(11-25)20(23)26/h3-4,6,8-11H,5,7H2,1-2H3. The minimum Gasteiger partial charge on any atom is -0.493 e. The van der Waals surface area contributed by atoms with Crippen molar-refractivity contribution >= 4 is 23.6 Å². The van der Waals surface area contributed by atoms with Gasteiger partial charge in [0.25, 0.3) is 5.56 Å². The fourth-order valence-electron chi connectivity index (χ4n) is 3.11. The molecule has 3 rings (SSSR count). The number of methoxy groups -OCH3 is 1. The van der Waals surface area contributed by atoms with Crippen LogP contribution in [0.3, 0.4) is 0 Å². The molecule has 0 fully saturated rings. The number of nitrogens with zero attached hydrogens (tertiary/aromatic N) is 2. The number of benzene rings is 1. The van der Waals surface area contributed by atoms with E-state index < -0.39 is 11.4 Å². The molecule has 1 aromatic carbocycles. The quantitative estimate of drug-likeness (QED) is 0.624. The lowest BCUT2D eigenvalue weighted by Crippen LogP contribution is -2.22. The summed E-state index contributed by atoms with van der Waals surface area (Å²) in [5.41, 5.74) is 2.53. The first-order valence-corrected chi connectivity index (χ1v) is 8.21. The average Bonchev–Trinajstić information content (AvgIpc) is 2.67. The van der Waals surface area contributed by atoms with Crippen molar-refractivity contribution in [2.75, 3.05) is 7.11 Å². The predicted octanol–water partition coefficient (Wildman–Crippen LogP) is 2.23. The van der Waals surface area contributed by atoms with Gasteiger partial charge in [0.15, 0.2) is 12.0 Å². The SMILES string of the molecule is COc1c(C=O)c(=O)n(C)c2cc(Cc3ccc(F)cc3CC=O)cnc12. The number of rotatable bonds is 6. The average molecular weight is 368 g/mol. The third-order valence-electron chi connectivity index (χ3n) is 4.47. The maximum Gasteiger partial charge on any atom is 0.265 e. The summed E-state index contributed by atoms with van der Waals surface area (Å²) in [6.07, 6.45) is 3.33. The summed E-state index contributed by atoms with van der Waals surface area (Å²) in [5, 5.41) is 0. The lowest BCUT2D eigenvalue weighted by atomic mass is 9.98. The van der Waals surface area contributed by atoms with Crippen molar-refractivity contribution in [3.63, 3.8) is 0 Å². The van der Waals surface area contributed by atoms with Gasteiger partial charge in [0.05, 0.1) is 12.6 Å². The highest BCUT2D eigenvalue weighted by Gasteiger charge is 2.17. The Hall–Kier alpha value is -3.35. The molecule has 0 aliphatic heterocycles. The van der Waals surface area contributed by atoms with Crippen LogP contribution in [0.5, 0.6) is 5.75 Å². The van der Waals surface area contributed by atoms with Gasteiger partial charge in [0.2, 0.25) is 0 Å². The first-order chi connectivity index (χ1) is 13.0. The van der Waals surface area contributed by atoms with Crippen LogP contribution in [0.2, 0.25) is 0 Å². The van der Waals surface area contributed by atoms with Crippen molar-refractivity contribution in [2.45, 2.75) is 12.8 Å². The van der Waals surface area contributed by atoms with E-state index in [1.54, 1.807) is 25.4 Å². The summed E-state index contributed by atoms with van der Waals surface area (Å²) >= 11 is 0. The van der Waals surface area contributed by atoms with Gasteiger partial charge in [-0.15, -0.1) is 0 Å². The number of aryl methyl sites for hydroxylation is 1. The zero-order valence-electron chi connectivity index (χ0n) is 14.9. The van der Waals surface area contributed by atoms with E-state index in [1.807, 2.05) is 0 Å². The number of aromatic nitrogens is 2. The molecule has 7 heteroatoms. The Labute approximate surface area is 154 Å². The summed E-state index contributed by atoms with van der Waals surface area (Å²) in [7, 11) is 2.93. The largest absolute Gasteiger partial charge is 0.493 e. The molecular formula is C20H17FN2O4. The van der Waals surface area contributed by atoms with Crippen molar-refractivity contribution in [1.29, 1.82) is 0 Å². The number of carbonyl (C=O) groups excluding carboxylic acids is 2. The molecule has 0 amide bonds. The number of carbonyl (C=O) groups is 2. The molecule has 0 atom stereocenters. The lowest BCUT2D eigenvalue weighted by molar-refractivity contribution is -0.107. The molecule has 0 saturated carbocycles. The number of aldehydes is 2. The molecule has 27 heavy (non-hydrogen) atoms. The number of pyridine rings is 2. The molecule has 0 bridgehead atoms. The van der Waals surface area contributed by atoms with Gasteiger partial charge in [-0.05, 0) is 41.3 Å². The molecule has 3 aromatic rings. The van der Waals surface area contributed by atoms with Crippen LogP contribution in [0.25, 0.3) is 11.0 Å². The highest BCUT2D eigenvalue weighted by atomic mass is 19.1. The topological polar surface area (TPSA) is 78.3 Å². The number of hydrogen-bond acceptors (Lipinski definition) is 5. The van der Waals surface area contributed by atoms with E-state index in [1.165, 1.54) is 23.8 Å². The van der Waals surface area contributed by atoms with Crippen molar-refractivity contribution in [3.8, 4) is 5.75 Å². The Morgan fingerprint density at radius 3 is 2.67 bits per heavy atom. The van der Waals surface area contributed by atoms with Gasteiger partial charge in [-0.3, -0.25) is 14.6 Å². The van der Waals surface area contributed by atoms with Crippen LogP contribution in [-0.4, -0.2) is 29.2 Å². The zero-order valence-corrected chi connectivity index (χ0v) is 14.9. The third kappa shape index (κ3) is 3.36. The summed E-state index contributed by atoms with van der Waals surface area (Å²) in [4.78, 5) is 38.9. The molecular weight excluding hydrogens is 351 g/mol. The highest BCUT2D eigenvalue weighted by Crippen LogP contribution is 2.26. The molecule has 0 spiro atoms. The van der Waals surface area contributed by atoms with Crippen molar-refractivity contribution in [3.05, 3.63) is 68.9 Å². The number of halogens is 1. The van der Waals surface area contributed by atoms with Gasteiger partial charge in [0, 0.05) is 19.7 Å². The Bertz CT molecular complexity index is 1110. The molecule has 0 radical (unpaired) electrons. The molecule has 0 unspecified atom stereocenters. The second-order valence-electron chi connectivity index (χ2n) is 6.10. The van der Waals surface area contributed by atoms with E-state index in [0.717, 1.165) is 17.4 Å². The fourth-order valence-corrected chi connectivity index (χ4v) is 3.11. The molecule has 6 nitrogen and oxygen atoms in total. The van der Waals surface area contributed by atoms with Crippen molar-refractivity contribution in [1.82, 2.24) is 9.55 Å². The minimum absolute atomic E-state index is 0.0837. The van der Waals surface area contributed by atoms with E-state index >= 15 is 0 Å². The Kier molecular flexibility index (Phi) is 5.12. The number of fused-ring (bicyclic) bond motifs is 1. The molecule has 0 saturated heterocycles. The van der Waals surface area contributed by atoms with Crippen LogP contribution >= 0.6 is 0 Å². The zero-order chi connectivity index (χ0) is 19.6. The van der Waals surface area contributed by atoms with Gasteiger partial charge >= 0.3 is 0 Å². The fraction of sp³-hybridized carbons (Fsp3) is 0.200. The van der Waals surface area contributed by atoms with Crippen LogP contribution in [-0.2, 0) is 24.7 Å². The number of ether oxygens (including phenoxy) is 1. The van der Waals surface area contributed by atoms with Gasteiger partial charge in [-0.25, -0.2) is 4.39 Å². The van der Waals surface area contributed by atoms with Crippen LogP contribution in [0.1, 0.15) is 27.0 Å². The van der Waals surface area contributed by atoms with Crippen molar-refractivity contribution in [2.24, 2.45) is 7.05 Å². The monoisotopic (exact) mass is 368 g/mol. The minimum atomic E-state index is -0.475. The normalized spacial score (nSPS) is 10.8. The summed E-state index contributed by atoms with van der Waals surface area (Å²) in [6.45, 7) is 0. The smallest absolute Gasteiger partial charge is 0.265 e. The first kappa shape index (κ1) is 18.4. The summed E-state index contributed by atoms with van der Waals surface area (Å²) < 4.78 is 20.0. The second kappa shape index (κ2) is 7.49. The first-order valence-electron chi connectivity index (χ1n) is 8.21. The van der Waals surface area contributed by atoms with Gasteiger partial charge in [0.1, 0.15) is 23.2 Å². The lowest BCUT2D eigenvalue weighted by Gasteiger charge is -2.13. The van der Waals surface area contributed by atoms with Crippen LogP contribution in [0.4, 0.5) is 4.39 Å². The number of hydrogen-bond donors (Lipinski definition) is 0. The Morgan fingerprint density at radius 1 is 1.22 bits per heavy atom. The maximum atomic E-state index is 13.5. The second-order valence-corrected chi connectivity index (χ2v) is 6.10. The van der Waals surface area contributed by atoms with Gasteiger partial charge in [-0.2, -0.15) is 0 Å². The van der Waals surface area contributed by atoms with Crippen LogP contribution in [0, 0.1) is 5.82 Å². The van der Waals surface area contributed by atoms with E-state index in [0.29, 0.717) is 29.3 Å². The van der Waals surface area contributed by atoms with E-state index in [-0.39, 0.29) is 17.7 Å². The molecule has 0 aliphatic rings. The van der Waals surface area contributed by atoms with Gasteiger partial charge < -0.3 is 14.1 Å². The maximum absolute atomic E-state index is 13.5. The summed E-state index contributed by atoms with van der Waals surface area (Å²) in [6, 6.07) is 6.09.